The van der Waals surface area contributed by atoms with Crippen LogP contribution in [0.4, 0.5) is 0 Å². The minimum atomic E-state index is -0.164. The van der Waals surface area contributed by atoms with Gasteiger partial charge in [0.1, 0.15) is 6.10 Å². The van der Waals surface area contributed by atoms with Crippen LogP contribution in [0.25, 0.3) is 0 Å². The number of hydrogen-bond donors (Lipinski definition) is 0. The fourth-order valence-electron chi connectivity index (χ4n) is 5.36. The van der Waals surface area contributed by atoms with Gasteiger partial charge in [-0.05, 0) is 62.3 Å². The molecule has 2 fully saturated rings. The summed E-state index contributed by atoms with van der Waals surface area (Å²) < 4.78 is 11.5. The zero-order chi connectivity index (χ0) is 24.2. The molecular weight excluding hydrogens is 495 g/mol. The summed E-state index contributed by atoms with van der Waals surface area (Å²) in [4.78, 5) is 19.8. The van der Waals surface area contributed by atoms with Gasteiger partial charge in [0.2, 0.25) is 11.8 Å². The van der Waals surface area contributed by atoms with E-state index in [-0.39, 0.29) is 29.8 Å². The Hall–Kier alpha value is -1.53. The van der Waals surface area contributed by atoms with Gasteiger partial charge in [0.25, 0.3) is 0 Å². The average molecular weight is 526 g/mol. The first-order chi connectivity index (χ1) is 16.4. The van der Waals surface area contributed by atoms with Crippen molar-refractivity contribution in [3.63, 3.8) is 0 Å². The van der Waals surface area contributed by atoms with Crippen LogP contribution >= 0.6 is 34.8 Å². The minimum absolute atomic E-state index is 0.0791. The van der Waals surface area contributed by atoms with Gasteiger partial charge in [-0.15, -0.1) is 0 Å². The van der Waals surface area contributed by atoms with E-state index in [9.17, 15) is 4.79 Å². The van der Waals surface area contributed by atoms with Crippen molar-refractivity contribution in [3.8, 4) is 5.88 Å². The second-order valence-electron chi connectivity index (χ2n) is 9.50. The molecular formula is C26H31Cl3N2O3. The number of methoxy groups -OCH3 is 1. The van der Waals surface area contributed by atoms with E-state index in [1.54, 1.807) is 25.4 Å². The van der Waals surface area contributed by atoms with E-state index in [0.29, 0.717) is 40.0 Å². The van der Waals surface area contributed by atoms with E-state index in [0.717, 1.165) is 37.9 Å². The molecule has 1 saturated heterocycles. The molecule has 2 aliphatic rings. The molecule has 0 spiro atoms. The second kappa shape index (κ2) is 11.5. The van der Waals surface area contributed by atoms with Crippen LogP contribution < -0.4 is 4.74 Å². The van der Waals surface area contributed by atoms with Gasteiger partial charge in [-0.2, -0.15) is 0 Å². The lowest BCUT2D eigenvalue weighted by molar-refractivity contribution is -0.136. The SMILES string of the molecule is COCC1CCC(C(=O)N2C[C@H]([C@H](C)Oc3ccc(Cl)cn3)[C@@H](c3ccc(Cl)c(Cl)c3)C2)CC1. The van der Waals surface area contributed by atoms with Gasteiger partial charge in [-0.1, -0.05) is 40.9 Å². The number of likely N-dealkylation sites (tertiary alicyclic amines) is 1. The van der Waals surface area contributed by atoms with Crippen LogP contribution in [0.1, 0.15) is 44.1 Å². The molecule has 8 heteroatoms. The van der Waals surface area contributed by atoms with Crippen molar-refractivity contribution >= 4 is 40.7 Å². The maximum absolute atomic E-state index is 13.5. The Morgan fingerprint density at radius 3 is 2.50 bits per heavy atom. The predicted molar refractivity (Wildman–Crippen MR) is 136 cm³/mol. The third-order valence-electron chi connectivity index (χ3n) is 7.26. The standard InChI is InChI=1S/C26H31Cl3N2O3/c1-16(34-25-10-8-20(27)12-30-25)21-13-31(14-22(21)19-7-9-23(28)24(29)11-19)26(32)18-5-3-17(4-6-18)15-33-2/h7-12,16-18,21-22H,3-6,13-15H2,1-2H3/t16-,17?,18?,21+,22+/m0/s1. The molecule has 184 valence electrons. The second-order valence-corrected chi connectivity index (χ2v) is 10.7. The normalized spacial score (nSPS) is 25.9. The van der Waals surface area contributed by atoms with E-state index in [4.69, 9.17) is 44.3 Å². The number of carbonyl (C=O) groups is 1. The summed E-state index contributed by atoms with van der Waals surface area (Å²) in [5.74, 6) is 1.58. The number of amides is 1. The van der Waals surface area contributed by atoms with Crippen molar-refractivity contribution in [2.24, 2.45) is 17.8 Å². The van der Waals surface area contributed by atoms with E-state index < -0.39 is 0 Å². The third kappa shape index (κ3) is 5.99. The van der Waals surface area contributed by atoms with Crippen molar-refractivity contribution in [1.29, 1.82) is 0 Å². The van der Waals surface area contributed by atoms with Gasteiger partial charge < -0.3 is 14.4 Å². The average Bonchev–Trinajstić information content (AvgIpc) is 3.28. The molecule has 1 aromatic carbocycles. The fraction of sp³-hybridized carbons (Fsp3) is 0.538. The highest BCUT2D eigenvalue weighted by atomic mass is 35.5. The number of ether oxygens (including phenoxy) is 2. The molecule has 2 aromatic rings. The van der Waals surface area contributed by atoms with Crippen LogP contribution in [0, 0.1) is 17.8 Å². The van der Waals surface area contributed by atoms with Crippen molar-refractivity contribution in [3.05, 3.63) is 57.2 Å². The van der Waals surface area contributed by atoms with Gasteiger partial charge in [0.05, 0.1) is 15.1 Å². The first-order valence-electron chi connectivity index (χ1n) is 11.9. The van der Waals surface area contributed by atoms with Crippen molar-refractivity contribution < 1.29 is 14.3 Å². The maximum atomic E-state index is 13.5. The molecule has 34 heavy (non-hydrogen) atoms. The molecule has 0 N–H and O–H groups in total. The first kappa shape index (κ1) is 25.6. The molecule has 5 nitrogen and oxygen atoms in total. The number of halogens is 3. The number of pyridine rings is 1. The van der Waals surface area contributed by atoms with Gasteiger partial charge in [0.15, 0.2) is 0 Å². The quantitative estimate of drug-likeness (QED) is 0.414. The van der Waals surface area contributed by atoms with Gasteiger partial charge in [0, 0.05) is 56.8 Å². The van der Waals surface area contributed by atoms with Crippen LogP contribution in [0.3, 0.4) is 0 Å². The Labute approximate surface area is 216 Å². The summed E-state index contributed by atoms with van der Waals surface area (Å²) >= 11 is 18.5. The summed E-state index contributed by atoms with van der Waals surface area (Å²) in [6.45, 7) is 4.09. The zero-order valence-electron chi connectivity index (χ0n) is 19.6. The fourth-order valence-corrected chi connectivity index (χ4v) is 5.78. The molecule has 0 unspecified atom stereocenters. The topological polar surface area (TPSA) is 51.7 Å². The Balaban J connectivity index is 1.51. The zero-order valence-corrected chi connectivity index (χ0v) is 21.8. The molecule has 1 amide bonds. The number of carbonyl (C=O) groups excluding carboxylic acids is 1. The van der Waals surface area contributed by atoms with Crippen molar-refractivity contribution in [1.82, 2.24) is 9.88 Å². The van der Waals surface area contributed by atoms with Crippen molar-refractivity contribution in [2.45, 2.75) is 44.6 Å². The summed E-state index contributed by atoms with van der Waals surface area (Å²) in [6.07, 6.45) is 5.34. The highest BCUT2D eigenvalue weighted by molar-refractivity contribution is 6.42. The summed E-state index contributed by atoms with van der Waals surface area (Å²) in [5, 5.41) is 1.61. The predicted octanol–water partition coefficient (Wildman–Crippen LogP) is 6.50. The van der Waals surface area contributed by atoms with Crippen LogP contribution in [-0.4, -0.2) is 48.7 Å². The smallest absolute Gasteiger partial charge is 0.225 e. The summed E-state index contributed by atoms with van der Waals surface area (Å²) in [6, 6.07) is 9.27. The first-order valence-corrected chi connectivity index (χ1v) is 13.0. The van der Waals surface area contributed by atoms with Gasteiger partial charge in [-0.3, -0.25) is 4.79 Å². The highest BCUT2D eigenvalue weighted by Gasteiger charge is 2.42. The van der Waals surface area contributed by atoms with Crippen LogP contribution in [0.2, 0.25) is 15.1 Å². The Kier molecular flexibility index (Phi) is 8.62. The van der Waals surface area contributed by atoms with E-state index in [1.807, 2.05) is 30.0 Å². The molecule has 3 atom stereocenters. The number of benzene rings is 1. The Morgan fingerprint density at radius 1 is 1.09 bits per heavy atom. The van der Waals surface area contributed by atoms with E-state index >= 15 is 0 Å². The van der Waals surface area contributed by atoms with Crippen LogP contribution in [0.5, 0.6) is 5.88 Å². The molecule has 1 aliphatic carbocycles. The highest BCUT2D eigenvalue weighted by Crippen LogP contribution is 2.40. The molecule has 2 heterocycles. The largest absolute Gasteiger partial charge is 0.474 e. The maximum Gasteiger partial charge on any atom is 0.225 e. The minimum Gasteiger partial charge on any atom is -0.474 e. The van der Waals surface area contributed by atoms with Crippen LogP contribution in [-0.2, 0) is 9.53 Å². The Bertz CT molecular complexity index is 980. The monoisotopic (exact) mass is 524 g/mol. The lowest BCUT2D eigenvalue weighted by Crippen LogP contribution is -2.37. The molecule has 1 saturated carbocycles. The lowest BCUT2D eigenvalue weighted by Gasteiger charge is -2.30. The van der Waals surface area contributed by atoms with E-state index in [2.05, 4.69) is 4.98 Å². The molecule has 1 aromatic heterocycles. The summed E-state index contributed by atoms with van der Waals surface area (Å²) in [5.41, 5.74) is 1.07. The van der Waals surface area contributed by atoms with E-state index in [1.165, 1.54) is 0 Å². The number of rotatable bonds is 7. The summed E-state index contributed by atoms with van der Waals surface area (Å²) in [7, 11) is 1.74. The van der Waals surface area contributed by atoms with Gasteiger partial charge in [-0.25, -0.2) is 4.98 Å². The lowest BCUT2D eigenvalue weighted by atomic mass is 9.81. The number of aromatic nitrogens is 1. The van der Waals surface area contributed by atoms with Crippen molar-refractivity contribution in [2.75, 3.05) is 26.8 Å². The molecule has 0 radical (unpaired) electrons. The number of nitrogens with zero attached hydrogens (tertiary/aromatic N) is 2. The molecule has 1 aliphatic heterocycles. The van der Waals surface area contributed by atoms with Crippen LogP contribution in [0.15, 0.2) is 36.5 Å². The third-order valence-corrected chi connectivity index (χ3v) is 8.22. The van der Waals surface area contributed by atoms with Gasteiger partial charge >= 0.3 is 0 Å². The molecule has 4 rings (SSSR count). The Morgan fingerprint density at radius 2 is 1.85 bits per heavy atom. The molecule has 0 bridgehead atoms. The number of hydrogen-bond acceptors (Lipinski definition) is 4.